The molecule has 0 amide bonds. The van der Waals surface area contributed by atoms with Gasteiger partial charge in [0, 0.05) is 10.9 Å². The van der Waals surface area contributed by atoms with Crippen molar-refractivity contribution in [3.63, 3.8) is 0 Å². The maximum Gasteiger partial charge on any atom is 0.134 e. The Kier molecular flexibility index (Phi) is 2.56. The van der Waals surface area contributed by atoms with Crippen LogP contribution < -0.4 is 0 Å². The minimum absolute atomic E-state index is 1.06. The predicted molar refractivity (Wildman–Crippen MR) is 70.9 cm³/mol. The molecule has 1 nitrogen and oxygen atoms in total. The summed E-state index contributed by atoms with van der Waals surface area (Å²) >= 11 is 3.43. The Morgan fingerprint density at radius 2 is 1.75 bits per heavy atom. The van der Waals surface area contributed by atoms with Crippen LogP contribution in [0.15, 0.2) is 53.2 Å². The molecule has 0 aliphatic carbocycles. The summed E-state index contributed by atoms with van der Waals surface area (Å²) < 4.78 is 0. The first-order valence-electron chi connectivity index (χ1n) is 4.98. The zero-order valence-electron chi connectivity index (χ0n) is 8.46. The number of benzene rings is 1. The van der Waals surface area contributed by atoms with E-state index < -0.39 is 0 Å². The topological polar surface area (TPSA) is 12.9 Å². The third kappa shape index (κ3) is 1.79. The van der Waals surface area contributed by atoms with Crippen LogP contribution in [0.1, 0.15) is 0 Å². The van der Waals surface area contributed by atoms with Crippen LogP contribution in [-0.4, -0.2) is 4.98 Å². The van der Waals surface area contributed by atoms with Gasteiger partial charge in [-0.2, -0.15) is 0 Å². The highest BCUT2D eigenvalue weighted by molar-refractivity contribution is 7.20. The van der Waals surface area contributed by atoms with Gasteiger partial charge in [0.2, 0.25) is 0 Å². The van der Waals surface area contributed by atoms with Crippen molar-refractivity contribution in [2.24, 2.45) is 0 Å². The molecule has 78 valence electrons. The molecule has 0 aliphatic heterocycles. The molecule has 16 heavy (non-hydrogen) atoms. The van der Waals surface area contributed by atoms with Gasteiger partial charge >= 0.3 is 0 Å². The van der Waals surface area contributed by atoms with Crippen molar-refractivity contribution in [3.05, 3.63) is 53.2 Å². The summed E-state index contributed by atoms with van der Waals surface area (Å²) in [6.45, 7) is 0. The van der Waals surface area contributed by atoms with Crippen LogP contribution in [0, 0.1) is 0 Å². The van der Waals surface area contributed by atoms with Crippen molar-refractivity contribution in [1.82, 2.24) is 4.98 Å². The van der Waals surface area contributed by atoms with Crippen molar-refractivity contribution >= 4 is 22.7 Å². The molecule has 2 aromatic heterocycles. The van der Waals surface area contributed by atoms with Gasteiger partial charge in [-0.3, -0.25) is 0 Å². The zero-order chi connectivity index (χ0) is 10.8. The third-order valence-electron chi connectivity index (χ3n) is 2.31. The van der Waals surface area contributed by atoms with Crippen LogP contribution in [0.25, 0.3) is 21.1 Å². The molecule has 0 radical (unpaired) electrons. The summed E-state index contributed by atoms with van der Waals surface area (Å²) in [5, 5.41) is 5.30. The monoisotopic (exact) mass is 243 g/mol. The Labute approximate surface area is 102 Å². The maximum atomic E-state index is 4.65. The lowest BCUT2D eigenvalue weighted by molar-refractivity contribution is 1.41. The second-order valence-electron chi connectivity index (χ2n) is 3.38. The maximum absolute atomic E-state index is 4.65. The van der Waals surface area contributed by atoms with Gasteiger partial charge in [-0.25, -0.2) is 4.98 Å². The Hall–Kier alpha value is -1.45. The zero-order valence-corrected chi connectivity index (χ0v) is 10.1. The van der Waals surface area contributed by atoms with E-state index in [0.29, 0.717) is 0 Å². The number of hydrogen-bond acceptors (Lipinski definition) is 3. The fourth-order valence-corrected chi connectivity index (χ4v) is 3.17. The summed E-state index contributed by atoms with van der Waals surface area (Å²) in [6.07, 6.45) is 0. The molecule has 0 atom stereocenters. The number of thiophene rings is 1. The van der Waals surface area contributed by atoms with Crippen molar-refractivity contribution in [2.45, 2.75) is 0 Å². The number of thiazole rings is 1. The highest BCUT2D eigenvalue weighted by atomic mass is 32.1. The molecule has 0 spiro atoms. The molecule has 0 bridgehead atoms. The second-order valence-corrected chi connectivity index (χ2v) is 5.19. The first kappa shape index (κ1) is 9.75. The molecule has 3 heteroatoms. The first-order valence-corrected chi connectivity index (χ1v) is 6.74. The van der Waals surface area contributed by atoms with Crippen LogP contribution in [0.4, 0.5) is 0 Å². The average Bonchev–Trinajstić information content (AvgIpc) is 3.01. The van der Waals surface area contributed by atoms with E-state index in [1.54, 1.807) is 22.7 Å². The largest absolute Gasteiger partial charge is 0.235 e. The number of rotatable bonds is 2. The van der Waals surface area contributed by atoms with Gasteiger partial charge in [0.15, 0.2) is 0 Å². The molecule has 3 rings (SSSR count). The molecule has 0 fully saturated rings. The van der Waals surface area contributed by atoms with E-state index >= 15 is 0 Å². The Bertz CT molecular complexity index is 567. The molecule has 3 aromatic rings. The van der Waals surface area contributed by atoms with E-state index in [9.17, 15) is 0 Å². The van der Waals surface area contributed by atoms with Crippen molar-refractivity contribution in [2.75, 3.05) is 0 Å². The smallest absolute Gasteiger partial charge is 0.134 e. The quantitative estimate of drug-likeness (QED) is 0.644. The fraction of sp³-hybridized carbons (Fsp3) is 0. The third-order valence-corrected chi connectivity index (χ3v) is 4.19. The van der Waals surface area contributed by atoms with Gasteiger partial charge in [-0.1, -0.05) is 36.4 Å². The van der Waals surface area contributed by atoms with Gasteiger partial charge in [-0.05, 0) is 11.4 Å². The van der Waals surface area contributed by atoms with Gasteiger partial charge < -0.3 is 0 Å². The molecular weight excluding hydrogens is 234 g/mol. The van der Waals surface area contributed by atoms with Gasteiger partial charge in [0.1, 0.15) is 5.01 Å². The number of nitrogens with zero attached hydrogens (tertiary/aromatic N) is 1. The number of hydrogen-bond donors (Lipinski definition) is 0. The summed E-state index contributed by atoms with van der Waals surface area (Å²) in [5.74, 6) is 0. The van der Waals surface area contributed by atoms with Crippen molar-refractivity contribution in [3.8, 4) is 21.1 Å². The Balaban J connectivity index is 2.00. The molecule has 0 saturated heterocycles. The fourth-order valence-electron chi connectivity index (χ4n) is 1.53. The summed E-state index contributed by atoms with van der Waals surface area (Å²) in [5.41, 5.74) is 2.25. The minimum atomic E-state index is 1.06. The minimum Gasteiger partial charge on any atom is -0.235 e. The predicted octanol–water partition coefficient (Wildman–Crippen LogP) is 4.54. The first-order chi connectivity index (χ1) is 7.93. The van der Waals surface area contributed by atoms with Crippen LogP contribution in [0.5, 0.6) is 0 Å². The van der Waals surface area contributed by atoms with E-state index in [4.69, 9.17) is 0 Å². The molecule has 1 aromatic carbocycles. The lowest BCUT2D eigenvalue weighted by Gasteiger charge is -1.93. The van der Waals surface area contributed by atoms with E-state index in [2.05, 4.69) is 40.0 Å². The lowest BCUT2D eigenvalue weighted by Crippen LogP contribution is -1.76. The Morgan fingerprint density at radius 3 is 2.50 bits per heavy atom. The van der Waals surface area contributed by atoms with Crippen molar-refractivity contribution in [1.29, 1.82) is 0 Å². The summed E-state index contributed by atoms with van der Waals surface area (Å²) in [4.78, 5) is 5.89. The molecule has 0 saturated carbocycles. The molecule has 0 aliphatic rings. The van der Waals surface area contributed by atoms with E-state index in [0.717, 1.165) is 10.7 Å². The second kappa shape index (κ2) is 4.20. The molecule has 0 N–H and O–H groups in total. The molecule has 0 unspecified atom stereocenters. The van der Waals surface area contributed by atoms with Gasteiger partial charge in [0.05, 0.1) is 10.6 Å². The van der Waals surface area contributed by atoms with Crippen molar-refractivity contribution < 1.29 is 0 Å². The molecule has 2 heterocycles. The standard InChI is InChI=1S/C13H9NS2/c1-2-5-10(6-3-1)11-9-16-13(14-11)12-7-4-8-15-12/h1-9H. The van der Waals surface area contributed by atoms with Gasteiger partial charge in [0.25, 0.3) is 0 Å². The van der Waals surface area contributed by atoms with Crippen LogP contribution >= 0.6 is 22.7 Å². The normalized spacial score (nSPS) is 10.5. The highest BCUT2D eigenvalue weighted by Crippen LogP contribution is 2.31. The molecular formula is C13H9NS2. The summed E-state index contributed by atoms with van der Waals surface area (Å²) in [7, 11) is 0. The highest BCUT2D eigenvalue weighted by Gasteiger charge is 2.06. The van der Waals surface area contributed by atoms with Crippen LogP contribution in [-0.2, 0) is 0 Å². The SMILES string of the molecule is c1ccc(-c2csc(-c3cccs3)n2)cc1. The summed E-state index contributed by atoms with van der Waals surface area (Å²) in [6, 6.07) is 14.5. The lowest BCUT2D eigenvalue weighted by atomic mass is 10.2. The Morgan fingerprint density at radius 1 is 0.875 bits per heavy atom. The van der Waals surface area contributed by atoms with Gasteiger partial charge in [-0.15, -0.1) is 22.7 Å². The van der Waals surface area contributed by atoms with E-state index in [1.807, 2.05) is 18.2 Å². The number of aromatic nitrogens is 1. The van der Waals surface area contributed by atoms with Crippen LogP contribution in [0.2, 0.25) is 0 Å². The van der Waals surface area contributed by atoms with Crippen LogP contribution in [0.3, 0.4) is 0 Å². The van der Waals surface area contributed by atoms with E-state index in [1.165, 1.54) is 10.4 Å². The van der Waals surface area contributed by atoms with E-state index in [-0.39, 0.29) is 0 Å². The average molecular weight is 243 g/mol.